The number of amides is 2. The van der Waals surface area contributed by atoms with Crippen molar-refractivity contribution in [1.82, 2.24) is 24.8 Å². The number of anilines is 2. The van der Waals surface area contributed by atoms with Gasteiger partial charge in [0.1, 0.15) is 11.1 Å². The van der Waals surface area contributed by atoms with Crippen LogP contribution in [-0.4, -0.2) is 79.1 Å². The lowest BCUT2D eigenvalue weighted by Crippen LogP contribution is -2.65. The quantitative estimate of drug-likeness (QED) is 0.396. The zero-order valence-electron chi connectivity index (χ0n) is 22.8. The molecule has 1 fully saturated rings. The lowest BCUT2D eigenvalue weighted by Gasteiger charge is -2.47. The van der Waals surface area contributed by atoms with Crippen molar-refractivity contribution in [3.05, 3.63) is 42.6 Å². The van der Waals surface area contributed by atoms with E-state index in [1.807, 2.05) is 42.6 Å². The van der Waals surface area contributed by atoms with Crippen molar-refractivity contribution >= 4 is 45.8 Å². The Hall–Kier alpha value is -4.41. The standard InChI is InChI=1S/C28H33N7O4/c1-27(2,3)35(26(37)38)28(4,5)24(36)34-12-10-33(11-13-34)18-15-21-20(30-16-18)8-7-19(31-21)17-6-9-23-22(14-17)32-25(29)39-23/h6-9,14-16H,10-13H2,1-5H3,(H2,29,32)(H,37,38). The van der Waals surface area contributed by atoms with Crippen molar-refractivity contribution in [3.8, 4) is 11.3 Å². The Kier molecular flexibility index (Phi) is 6.32. The number of aromatic nitrogens is 3. The van der Waals surface area contributed by atoms with Crippen molar-refractivity contribution in [3.63, 3.8) is 0 Å². The van der Waals surface area contributed by atoms with Gasteiger partial charge < -0.3 is 25.1 Å². The van der Waals surface area contributed by atoms with Gasteiger partial charge in [-0.05, 0) is 71.0 Å². The Labute approximate surface area is 226 Å². The highest BCUT2D eigenvalue weighted by Crippen LogP contribution is 2.29. The van der Waals surface area contributed by atoms with E-state index in [4.69, 9.17) is 15.1 Å². The lowest BCUT2D eigenvalue weighted by atomic mass is 9.93. The van der Waals surface area contributed by atoms with Crippen molar-refractivity contribution < 1.29 is 19.1 Å². The third-order valence-electron chi connectivity index (χ3n) is 7.10. The summed E-state index contributed by atoms with van der Waals surface area (Å²) in [6.45, 7) is 10.9. The van der Waals surface area contributed by atoms with Crippen molar-refractivity contribution in [2.24, 2.45) is 0 Å². The first-order chi connectivity index (χ1) is 18.3. The molecular weight excluding hydrogens is 498 g/mol. The van der Waals surface area contributed by atoms with E-state index >= 15 is 0 Å². The van der Waals surface area contributed by atoms with Crippen molar-refractivity contribution in [2.75, 3.05) is 36.8 Å². The first-order valence-electron chi connectivity index (χ1n) is 12.9. The summed E-state index contributed by atoms with van der Waals surface area (Å²) in [7, 11) is 0. The maximum Gasteiger partial charge on any atom is 0.408 e. The van der Waals surface area contributed by atoms with Gasteiger partial charge in [0.2, 0.25) is 5.91 Å². The number of nitrogens with zero attached hydrogens (tertiary/aromatic N) is 6. The normalized spacial score (nSPS) is 14.7. The van der Waals surface area contributed by atoms with Crippen LogP contribution in [0.5, 0.6) is 0 Å². The third-order valence-corrected chi connectivity index (χ3v) is 7.10. The molecule has 0 spiro atoms. The van der Waals surface area contributed by atoms with Crippen LogP contribution in [0.15, 0.2) is 47.0 Å². The highest BCUT2D eigenvalue weighted by molar-refractivity contribution is 5.89. The number of carboxylic acid groups (broad SMARTS) is 1. The smallest absolute Gasteiger partial charge is 0.408 e. The third kappa shape index (κ3) is 4.91. The second kappa shape index (κ2) is 9.40. The fraction of sp³-hybridized carbons (Fsp3) is 0.393. The number of benzene rings is 1. The molecule has 204 valence electrons. The van der Waals surface area contributed by atoms with E-state index in [1.54, 1.807) is 39.5 Å². The van der Waals surface area contributed by atoms with Gasteiger partial charge in [-0.2, -0.15) is 4.98 Å². The maximum atomic E-state index is 13.4. The minimum Gasteiger partial charge on any atom is -0.465 e. The lowest BCUT2D eigenvalue weighted by molar-refractivity contribution is -0.144. The Morgan fingerprint density at radius 3 is 2.33 bits per heavy atom. The molecule has 1 aliphatic rings. The molecule has 3 aromatic heterocycles. The summed E-state index contributed by atoms with van der Waals surface area (Å²) in [5.41, 5.74) is 9.18. The van der Waals surface area contributed by atoms with Crippen LogP contribution in [0.4, 0.5) is 16.5 Å². The summed E-state index contributed by atoms with van der Waals surface area (Å²) in [5, 5.41) is 9.83. The minimum absolute atomic E-state index is 0.126. The van der Waals surface area contributed by atoms with Crippen LogP contribution in [0.2, 0.25) is 0 Å². The van der Waals surface area contributed by atoms with E-state index in [2.05, 4.69) is 14.9 Å². The van der Waals surface area contributed by atoms with Gasteiger partial charge in [0.15, 0.2) is 5.58 Å². The number of oxazole rings is 1. The second-order valence-corrected chi connectivity index (χ2v) is 11.3. The maximum absolute atomic E-state index is 13.4. The molecule has 2 amide bonds. The van der Waals surface area contributed by atoms with Crippen LogP contribution in [0.25, 0.3) is 33.4 Å². The van der Waals surface area contributed by atoms with Gasteiger partial charge in [-0.25, -0.2) is 9.78 Å². The van der Waals surface area contributed by atoms with Crippen LogP contribution in [-0.2, 0) is 4.79 Å². The highest BCUT2D eigenvalue weighted by Gasteiger charge is 2.46. The Morgan fingerprint density at radius 1 is 0.949 bits per heavy atom. The number of nitrogen functional groups attached to an aromatic ring is 1. The van der Waals surface area contributed by atoms with E-state index in [9.17, 15) is 14.7 Å². The Bertz CT molecular complexity index is 1570. The van der Waals surface area contributed by atoms with Crippen molar-refractivity contribution in [1.29, 1.82) is 0 Å². The predicted octanol–water partition coefficient (Wildman–Crippen LogP) is 4.23. The molecule has 4 heterocycles. The molecule has 0 bridgehead atoms. The molecule has 11 nitrogen and oxygen atoms in total. The van der Waals surface area contributed by atoms with Crippen LogP contribution >= 0.6 is 0 Å². The second-order valence-electron chi connectivity index (χ2n) is 11.3. The van der Waals surface area contributed by atoms with Gasteiger partial charge in [-0.15, -0.1) is 0 Å². The summed E-state index contributed by atoms with van der Waals surface area (Å²) in [5.74, 6) is -0.201. The number of piperazine rings is 1. The molecule has 4 aromatic rings. The molecule has 1 saturated heterocycles. The topological polar surface area (TPSA) is 142 Å². The van der Waals surface area contributed by atoms with Crippen LogP contribution in [0, 0.1) is 0 Å². The highest BCUT2D eigenvalue weighted by atomic mass is 16.4. The SMILES string of the molecule is CC(C)(C)N(C(=O)O)C(C)(C)C(=O)N1CCN(c2cnc3ccc(-c4ccc5oc(N)nc5c4)nc3c2)CC1. The number of carbonyl (C=O) groups excluding carboxylic acids is 1. The molecule has 5 rings (SSSR count). The number of pyridine rings is 2. The van der Waals surface area contributed by atoms with E-state index in [-0.39, 0.29) is 11.9 Å². The minimum atomic E-state index is -1.20. The number of rotatable bonds is 4. The van der Waals surface area contributed by atoms with Gasteiger partial charge in [0.25, 0.3) is 6.01 Å². The average Bonchev–Trinajstić information content (AvgIpc) is 3.25. The molecule has 0 atom stereocenters. The summed E-state index contributed by atoms with van der Waals surface area (Å²) in [6, 6.07) is 11.6. The summed E-state index contributed by atoms with van der Waals surface area (Å²) in [6.07, 6.45) is 0.708. The molecule has 39 heavy (non-hydrogen) atoms. The first kappa shape index (κ1) is 26.2. The van der Waals surface area contributed by atoms with Gasteiger partial charge in [0.05, 0.1) is 28.6 Å². The van der Waals surface area contributed by atoms with Crippen molar-refractivity contribution in [2.45, 2.75) is 45.7 Å². The van der Waals surface area contributed by atoms with Gasteiger partial charge in [-0.1, -0.05) is 0 Å². The largest absolute Gasteiger partial charge is 0.465 e. The molecule has 0 radical (unpaired) electrons. The number of fused-ring (bicyclic) bond motifs is 2. The first-order valence-corrected chi connectivity index (χ1v) is 12.9. The molecule has 3 N–H and O–H groups in total. The van der Waals surface area contributed by atoms with Gasteiger partial charge in [0, 0.05) is 37.3 Å². The molecule has 1 aromatic carbocycles. The predicted molar refractivity (Wildman–Crippen MR) is 149 cm³/mol. The molecule has 0 aliphatic carbocycles. The molecular formula is C28H33N7O4. The molecule has 0 saturated carbocycles. The Balaban J connectivity index is 1.33. The van der Waals surface area contributed by atoms with E-state index in [0.29, 0.717) is 37.3 Å². The number of hydrogen-bond donors (Lipinski definition) is 2. The zero-order valence-corrected chi connectivity index (χ0v) is 22.8. The average molecular weight is 532 g/mol. The van der Waals surface area contributed by atoms with Crippen LogP contribution < -0.4 is 10.6 Å². The number of hydrogen-bond acceptors (Lipinski definition) is 8. The summed E-state index contributed by atoms with van der Waals surface area (Å²) >= 11 is 0. The van der Waals surface area contributed by atoms with Gasteiger partial charge >= 0.3 is 6.09 Å². The van der Waals surface area contributed by atoms with Crippen LogP contribution in [0.3, 0.4) is 0 Å². The molecule has 1 aliphatic heterocycles. The summed E-state index contributed by atoms with van der Waals surface area (Å²) in [4.78, 5) is 44.3. The number of carbonyl (C=O) groups is 2. The fourth-order valence-electron chi connectivity index (χ4n) is 5.45. The number of nitrogens with two attached hydrogens (primary N) is 1. The molecule has 11 heteroatoms. The monoisotopic (exact) mass is 531 g/mol. The van der Waals surface area contributed by atoms with E-state index in [1.165, 1.54) is 4.90 Å². The van der Waals surface area contributed by atoms with Gasteiger partial charge in [-0.3, -0.25) is 14.7 Å². The van der Waals surface area contributed by atoms with E-state index in [0.717, 1.165) is 28.0 Å². The Morgan fingerprint density at radius 2 is 1.67 bits per heavy atom. The fourth-order valence-corrected chi connectivity index (χ4v) is 5.45. The van der Waals surface area contributed by atoms with E-state index < -0.39 is 17.2 Å². The summed E-state index contributed by atoms with van der Waals surface area (Å²) < 4.78 is 5.37. The van der Waals surface area contributed by atoms with Crippen LogP contribution in [0.1, 0.15) is 34.6 Å². The zero-order chi connectivity index (χ0) is 28.1. The molecule has 0 unspecified atom stereocenters.